The summed E-state index contributed by atoms with van der Waals surface area (Å²) in [5.74, 6) is 1.32. The molecule has 1 saturated carbocycles. The molecule has 0 radical (unpaired) electrons. The number of rotatable bonds is 5. The van der Waals surface area contributed by atoms with E-state index in [2.05, 4.69) is 54.6 Å². The minimum Gasteiger partial charge on any atom is -0.317 e. The number of carbonyl (C=O) groups excluding carboxylic acids is 1. The smallest absolute Gasteiger partial charge is 0.244 e. The highest BCUT2D eigenvalue weighted by atomic mass is 32.2. The van der Waals surface area contributed by atoms with Gasteiger partial charge in [-0.3, -0.25) is 10.1 Å². The van der Waals surface area contributed by atoms with Crippen molar-refractivity contribution in [1.29, 1.82) is 0 Å². The molecule has 114 valence electrons. The van der Waals surface area contributed by atoms with Gasteiger partial charge in [0.2, 0.25) is 5.91 Å². The van der Waals surface area contributed by atoms with Crippen molar-refractivity contribution in [3.05, 3.63) is 35.4 Å². The summed E-state index contributed by atoms with van der Waals surface area (Å²) in [5, 5.41) is 3.62. The number of amides is 1. The molecule has 0 bridgehead atoms. The maximum atomic E-state index is 12.9. The van der Waals surface area contributed by atoms with E-state index in [-0.39, 0.29) is 11.7 Å². The third-order valence-electron chi connectivity index (χ3n) is 4.70. The standard InChI is InChI=1S/C17H24N2OS/c1-4-14(11-21-3)19-15(13-7-5-12(2)6-8-13)18-17(9-10-17)16(19)20/h5-8,14-15,18H,4,9-11H2,1-3H3. The molecule has 1 amide bonds. The van der Waals surface area contributed by atoms with Crippen LogP contribution in [0.3, 0.4) is 0 Å². The molecule has 4 heteroatoms. The van der Waals surface area contributed by atoms with Crippen LogP contribution in [0.2, 0.25) is 0 Å². The van der Waals surface area contributed by atoms with Crippen LogP contribution in [0, 0.1) is 6.92 Å². The second kappa shape index (κ2) is 5.65. The Labute approximate surface area is 131 Å². The zero-order valence-electron chi connectivity index (χ0n) is 13.1. The molecule has 2 aliphatic rings. The highest BCUT2D eigenvalue weighted by molar-refractivity contribution is 7.98. The van der Waals surface area contributed by atoms with Crippen molar-refractivity contribution in [3.63, 3.8) is 0 Å². The number of nitrogens with zero attached hydrogens (tertiary/aromatic N) is 1. The quantitative estimate of drug-likeness (QED) is 0.907. The van der Waals surface area contributed by atoms with Crippen molar-refractivity contribution in [2.45, 2.75) is 50.9 Å². The van der Waals surface area contributed by atoms with Gasteiger partial charge in [-0.2, -0.15) is 11.8 Å². The van der Waals surface area contributed by atoms with E-state index in [1.807, 2.05) is 11.8 Å². The van der Waals surface area contributed by atoms with Gasteiger partial charge in [-0.25, -0.2) is 0 Å². The molecule has 1 aliphatic heterocycles. The molecule has 1 heterocycles. The first-order valence-electron chi connectivity index (χ1n) is 7.77. The van der Waals surface area contributed by atoms with Crippen LogP contribution < -0.4 is 5.32 Å². The van der Waals surface area contributed by atoms with Crippen LogP contribution in [0.15, 0.2) is 24.3 Å². The molecule has 2 atom stereocenters. The highest BCUT2D eigenvalue weighted by Crippen LogP contribution is 2.47. The van der Waals surface area contributed by atoms with Crippen LogP contribution in [0.1, 0.15) is 43.5 Å². The van der Waals surface area contributed by atoms with Gasteiger partial charge in [0.25, 0.3) is 0 Å². The lowest BCUT2D eigenvalue weighted by Crippen LogP contribution is -2.41. The van der Waals surface area contributed by atoms with E-state index in [9.17, 15) is 4.79 Å². The normalized spacial score (nSPS) is 24.6. The number of nitrogens with one attached hydrogen (secondary N) is 1. The Morgan fingerprint density at radius 2 is 2.05 bits per heavy atom. The van der Waals surface area contributed by atoms with Crippen LogP contribution >= 0.6 is 11.8 Å². The number of aryl methyl sites for hydroxylation is 1. The van der Waals surface area contributed by atoms with E-state index in [0.717, 1.165) is 25.0 Å². The number of hydrogen-bond acceptors (Lipinski definition) is 3. The molecule has 2 unspecified atom stereocenters. The van der Waals surface area contributed by atoms with Crippen molar-refractivity contribution in [2.75, 3.05) is 12.0 Å². The molecule has 1 saturated heterocycles. The number of benzene rings is 1. The molecule has 1 spiro atoms. The van der Waals surface area contributed by atoms with Gasteiger partial charge in [0, 0.05) is 11.8 Å². The molecular weight excluding hydrogens is 280 g/mol. The molecule has 1 aromatic carbocycles. The Hall–Kier alpha value is -1.00. The number of carbonyl (C=O) groups is 1. The molecule has 21 heavy (non-hydrogen) atoms. The summed E-state index contributed by atoms with van der Waals surface area (Å²) in [5.41, 5.74) is 2.21. The van der Waals surface area contributed by atoms with Gasteiger partial charge in [-0.1, -0.05) is 36.8 Å². The summed E-state index contributed by atoms with van der Waals surface area (Å²) >= 11 is 1.82. The molecule has 0 aromatic heterocycles. The topological polar surface area (TPSA) is 32.3 Å². The Bertz CT molecular complexity index is 524. The van der Waals surface area contributed by atoms with Crippen LogP contribution in [0.25, 0.3) is 0 Å². The molecule has 2 fully saturated rings. The van der Waals surface area contributed by atoms with E-state index in [4.69, 9.17) is 0 Å². The van der Waals surface area contributed by atoms with E-state index in [1.54, 1.807) is 0 Å². The third kappa shape index (κ3) is 2.59. The van der Waals surface area contributed by atoms with Crippen LogP contribution in [0.5, 0.6) is 0 Å². The number of thioether (sulfide) groups is 1. The van der Waals surface area contributed by atoms with Crippen molar-refractivity contribution in [3.8, 4) is 0 Å². The summed E-state index contributed by atoms with van der Waals surface area (Å²) in [6.45, 7) is 4.28. The second-order valence-corrected chi connectivity index (χ2v) is 7.18. The maximum absolute atomic E-state index is 12.9. The zero-order chi connectivity index (χ0) is 15.0. The first-order valence-corrected chi connectivity index (χ1v) is 9.16. The predicted octanol–water partition coefficient (Wildman–Crippen LogP) is 3.10. The third-order valence-corrected chi connectivity index (χ3v) is 5.42. The summed E-state index contributed by atoms with van der Waals surface area (Å²) in [6, 6.07) is 8.88. The van der Waals surface area contributed by atoms with E-state index < -0.39 is 0 Å². The predicted molar refractivity (Wildman–Crippen MR) is 88.3 cm³/mol. The molecule has 3 rings (SSSR count). The summed E-state index contributed by atoms with van der Waals surface area (Å²) in [6.07, 6.45) is 5.13. The fourth-order valence-electron chi connectivity index (χ4n) is 3.20. The van der Waals surface area contributed by atoms with Gasteiger partial charge >= 0.3 is 0 Å². The largest absolute Gasteiger partial charge is 0.317 e. The SMILES string of the molecule is CCC(CSC)N1C(=O)C2(CC2)NC1c1ccc(C)cc1. The summed E-state index contributed by atoms with van der Waals surface area (Å²) < 4.78 is 0. The lowest BCUT2D eigenvalue weighted by Gasteiger charge is -2.32. The average molecular weight is 304 g/mol. The monoisotopic (exact) mass is 304 g/mol. The molecule has 3 nitrogen and oxygen atoms in total. The minimum atomic E-state index is -0.249. The van der Waals surface area contributed by atoms with Gasteiger partial charge in [0.1, 0.15) is 11.7 Å². The van der Waals surface area contributed by atoms with Crippen molar-refractivity contribution in [1.82, 2.24) is 10.2 Å². The van der Waals surface area contributed by atoms with E-state index >= 15 is 0 Å². The van der Waals surface area contributed by atoms with Gasteiger partial charge in [-0.15, -0.1) is 0 Å². The van der Waals surface area contributed by atoms with E-state index in [1.165, 1.54) is 11.1 Å². The molecule has 1 aliphatic carbocycles. The summed E-state index contributed by atoms with van der Waals surface area (Å²) in [4.78, 5) is 15.0. The van der Waals surface area contributed by atoms with Gasteiger partial charge in [0.15, 0.2) is 0 Å². The summed E-state index contributed by atoms with van der Waals surface area (Å²) in [7, 11) is 0. The van der Waals surface area contributed by atoms with E-state index in [0.29, 0.717) is 11.9 Å². The van der Waals surface area contributed by atoms with Crippen LogP contribution in [-0.4, -0.2) is 34.4 Å². The lowest BCUT2D eigenvalue weighted by atomic mass is 10.1. The Morgan fingerprint density at radius 3 is 2.57 bits per heavy atom. The fraction of sp³-hybridized carbons (Fsp3) is 0.588. The minimum absolute atomic E-state index is 0.0395. The van der Waals surface area contributed by atoms with Gasteiger partial charge in [-0.05, 0) is 38.0 Å². The Kier molecular flexibility index (Phi) is 4.02. The van der Waals surface area contributed by atoms with Crippen LogP contribution in [0.4, 0.5) is 0 Å². The van der Waals surface area contributed by atoms with Crippen molar-refractivity contribution >= 4 is 17.7 Å². The molecular formula is C17H24N2OS. The van der Waals surface area contributed by atoms with Gasteiger partial charge < -0.3 is 4.90 Å². The van der Waals surface area contributed by atoms with Crippen molar-refractivity contribution in [2.24, 2.45) is 0 Å². The highest BCUT2D eigenvalue weighted by Gasteiger charge is 2.60. The van der Waals surface area contributed by atoms with Gasteiger partial charge in [0.05, 0.1) is 0 Å². The zero-order valence-corrected chi connectivity index (χ0v) is 13.9. The fourth-order valence-corrected chi connectivity index (χ4v) is 3.98. The second-order valence-electron chi connectivity index (χ2n) is 6.27. The Balaban J connectivity index is 1.92. The molecule has 1 aromatic rings. The first-order chi connectivity index (χ1) is 10.1. The average Bonchev–Trinajstić information content (AvgIpc) is 3.21. The Morgan fingerprint density at radius 1 is 1.38 bits per heavy atom. The number of hydrogen-bond donors (Lipinski definition) is 1. The van der Waals surface area contributed by atoms with Crippen LogP contribution in [-0.2, 0) is 4.79 Å². The lowest BCUT2D eigenvalue weighted by molar-refractivity contribution is -0.132. The maximum Gasteiger partial charge on any atom is 0.244 e. The molecule has 1 N–H and O–H groups in total. The first kappa shape index (κ1) is 14.9. The van der Waals surface area contributed by atoms with Crippen molar-refractivity contribution < 1.29 is 4.79 Å².